The van der Waals surface area contributed by atoms with Gasteiger partial charge in [-0.2, -0.15) is 0 Å². The quantitative estimate of drug-likeness (QED) is 0.836. The van der Waals surface area contributed by atoms with Gasteiger partial charge < -0.3 is 9.32 Å². The normalized spacial score (nSPS) is 24.3. The van der Waals surface area contributed by atoms with Crippen LogP contribution in [0, 0.1) is 5.92 Å². The summed E-state index contributed by atoms with van der Waals surface area (Å²) in [4.78, 5) is 21.7. The predicted octanol–water partition coefficient (Wildman–Crippen LogP) is 2.75. The van der Waals surface area contributed by atoms with Crippen molar-refractivity contribution in [2.24, 2.45) is 5.92 Å². The van der Waals surface area contributed by atoms with Crippen molar-refractivity contribution in [3.05, 3.63) is 40.2 Å². The van der Waals surface area contributed by atoms with Crippen LogP contribution >= 0.6 is 11.3 Å². The van der Waals surface area contributed by atoms with Gasteiger partial charge in [-0.3, -0.25) is 9.69 Å². The van der Waals surface area contributed by atoms with Gasteiger partial charge in [-0.25, -0.2) is 4.98 Å². The fourth-order valence-electron chi connectivity index (χ4n) is 3.46. The molecule has 2 aromatic rings. The maximum Gasteiger partial charge on any atom is 0.226 e. The lowest BCUT2D eigenvalue weighted by Gasteiger charge is -2.34. The summed E-state index contributed by atoms with van der Waals surface area (Å²) in [6, 6.07) is 3.88. The van der Waals surface area contributed by atoms with Gasteiger partial charge in [0.05, 0.1) is 17.0 Å². The first-order chi connectivity index (χ1) is 11.7. The van der Waals surface area contributed by atoms with E-state index in [-0.39, 0.29) is 5.92 Å². The number of carbonyl (C=O) groups excluding carboxylic acids is 1. The van der Waals surface area contributed by atoms with Gasteiger partial charge in [-0.05, 0) is 25.0 Å². The minimum Gasteiger partial charge on any atom is -0.469 e. The molecule has 1 aliphatic heterocycles. The molecular formula is C18H23N3O2S. The Morgan fingerprint density at radius 1 is 1.38 bits per heavy atom. The van der Waals surface area contributed by atoms with E-state index in [1.54, 1.807) is 17.6 Å². The molecule has 2 aliphatic rings. The first-order valence-electron chi connectivity index (χ1n) is 8.72. The third-order valence-corrected chi connectivity index (χ3v) is 6.03. The summed E-state index contributed by atoms with van der Waals surface area (Å²) in [5, 5.41) is 3.37. The molecule has 1 amide bonds. The first-order valence-corrected chi connectivity index (χ1v) is 9.60. The Kier molecular flexibility index (Phi) is 4.41. The zero-order valence-electron chi connectivity index (χ0n) is 14.0. The van der Waals surface area contributed by atoms with Crippen molar-refractivity contribution in [2.45, 2.75) is 32.2 Å². The molecule has 4 rings (SSSR count). The van der Waals surface area contributed by atoms with Crippen molar-refractivity contribution in [3.63, 3.8) is 0 Å². The topological polar surface area (TPSA) is 49.6 Å². The Morgan fingerprint density at radius 3 is 2.88 bits per heavy atom. The van der Waals surface area contributed by atoms with E-state index in [1.165, 1.54) is 5.01 Å². The predicted molar refractivity (Wildman–Crippen MR) is 92.9 cm³/mol. The number of carbonyl (C=O) groups is 1. The number of aromatic nitrogens is 1. The number of aryl methyl sites for hydroxylation is 1. The lowest BCUT2D eigenvalue weighted by atomic mass is 10.2. The molecule has 1 saturated heterocycles. The lowest BCUT2D eigenvalue weighted by molar-refractivity contribution is -0.134. The molecule has 2 fully saturated rings. The summed E-state index contributed by atoms with van der Waals surface area (Å²) in [6.45, 7) is 6.56. The van der Waals surface area contributed by atoms with E-state index >= 15 is 0 Å². The number of rotatable bonds is 5. The molecular weight excluding hydrogens is 322 g/mol. The highest BCUT2D eigenvalue weighted by atomic mass is 32.1. The highest BCUT2D eigenvalue weighted by molar-refractivity contribution is 7.09. The Morgan fingerprint density at radius 2 is 2.21 bits per heavy atom. The van der Waals surface area contributed by atoms with Crippen LogP contribution in [-0.2, 0) is 17.8 Å². The number of thiazole rings is 1. The molecule has 0 unspecified atom stereocenters. The number of furan rings is 1. The zero-order valence-corrected chi connectivity index (χ0v) is 14.8. The van der Waals surface area contributed by atoms with Crippen molar-refractivity contribution in [1.82, 2.24) is 14.8 Å². The third kappa shape index (κ3) is 3.26. The van der Waals surface area contributed by atoms with Gasteiger partial charge in [0, 0.05) is 49.9 Å². The lowest BCUT2D eigenvalue weighted by Crippen LogP contribution is -2.48. The van der Waals surface area contributed by atoms with Crippen LogP contribution in [-0.4, -0.2) is 46.9 Å². The second-order valence-electron chi connectivity index (χ2n) is 6.65. The van der Waals surface area contributed by atoms with E-state index in [9.17, 15) is 4.79 Å². The molecule has 0 aromatic carbocycles. The number of piperazine rings is 1. The van der Waals surface area contributed by atoms with E-state index in [4.69, 9.17) is 4.42 Å². The molecule has 6 heteroatoms. The van der Waals surface area contributed by atoms with Crippen molar-refractivity contribution in [1.29, 1.82) is 0 Å². The summed E-state index contributed by atoms with van der Waals surface area (Å²) in [6.07, 6.45) is 3.63. The first kappa shape index (κ1) is 15.8. The number of amides is 1. The minimum absolute atomic E-state index is 0.133. The van der Waals surface area contributed by atoms with Gasteiger partial charge in [0.15, 0.2) is 0 Å². The van der Waals surface area contributed by atoms with Crippen LogP contribution in [0.2, 0.25) is 0 Å². The van der Waals surface area contributed by atoms with Crippen LogP contribution in [0.1, 0.15) is 35.7 Å². The van der Waals surface area contributed by atoms with Gasteiger partial charge in [0.1, 0.15) is 5.76 Å². The Labute approximate surface area is 146 Å². The summed E-state index contributed by atoms with van der Waals surface area (Å²) >= 11 is 1.74. The monoisotopic (exact) mass is 345 g/mol. The molecule has 2 aromatic heterocycles. The van der Waals surface area contributed by atoms with Gasteiger partial charge in [-0.15, -0.1) is 11.3 Å². The molecule has 1 saturated carbocycles. The SMILES string of the molecule is CCc1nc(CN2CCN(C(=O)[C@H]3C[C@H]3c3ccco3)CC2)cs1. The maximum atomic E-state index is 12.6. The zero-order chi connectivity index (χ0) is 16.5. The van der Waals surface area contributed by atoms with Crippen LogP contribution in [0.25, 0.3) is 0 Å². The van der Waals surface area contributed by atoms with Gasteiger partial charge in [0.2, 0.25) is 5.91 Å². The number of hydrogen-bond acceptors (Lipinski definition) is 5. The van der Waals surface area contributed by atoms with Gasteiger partial charge >= 0.3 is 0 Å². The standard InChI is InChI=1S/C18H23N3O2S/c1-2-17-19-13(12-24-17)11-20-5-7-21(8-6-20)18(22)15-10-14(15)16-4-3-9-23-16/h3-4,9,12,14-15H,2,5-8,10-11H2,1H3/t14-,15+/m1/s1. The number of nitrogens with zero attached hydrogens (tertiary/aromatic N) is 3. The Balaban J connectivity index is 1.26. The summed E-state index contributed by atoms with van der Waals surface area (Å²) in [7, 11) is 0. The fourth-order valence-corrected chi connectivity index (χ4v) is 4.19. The second kappa shape index (κ2) is 6.69. The molecule has 1 aliphatic carbocycles. The van der Waals surface area contributed by atoms with Gasteiger partial charge in [-0.1, -0.05) is 6.92 Å². The van der Waals surface area contributed by atoms with Crippen molar-refractivity contribution >= 4 is 17.2 Å². The largest absolute Gasteiger partial charge is 0.469 e. The molecule has 5 nitrogen and oxygen atoms in total. The van der Waals surface area contributed by atoms with Crippen LogP contribution in [0.15, 0.2) is 28.2 Å². The molecule has 24 heavy (non-hydrogen) atoms. The van der Waals surface area contributed by atoms with Crippen LogP contribution in [0.5, 0.6) is 0 Å². The van der Waals surface area contributed by atoms with Crippen LogP contribution in [0.4, 0.5) is 0 Å². The highest BCUT2D eigenvalue weighted by Gasteiger charge is 2.47. The maximum absolute atomic E-state index is 12.6. The Hall–Kier alpha value is -1.66. The van der Waals surface area contributed by atoms with E-state index in [0.29, 0.717) is 11.8 Å². The van der Waals surface area contributed by atoms with E-state index in [1.807, 2.05) is 17.0 Å². The number of hydrogen-bond donors (Lipinski definition) is 0. The molecule has 128 valence electrons. The van der Waals surface area contributed by atoms with Crippen LogP contribution < -0.4 is 0 Å². The molecule has 0 N–H and O–H groups in total. The molecule has 0 spiro atoms. The van der Waals surface area contributed by atoms with E-state index < -0.39 is 0 Å². The average molecular weight is 345 g/mol. The third-order valence-electron chi connectivity index (χ3n) is 4.99. The van der Waals surface area contributed by atoms with E-state index in [2.05, 4.69) is 22.2 Å². The van der Waals surface area contributed by atoms with Crippen LogP contribution in [0.3, 0.4) is 0 Å². The Bertz CT molecular complexity index is 689. The van der Waals surface area contributed by atoms with E-state index in [0.717, 1.165) is 57.0 Å². The summed E-state index contributed by atoms with van der Waals surface area (Å²) < 4.78 is 5.43. The van der Waals surface area contributed by atoms with Crippen molar-refractivity contribution in [2.75, 3.05) is 26.2 Å². The molecule has 0 bridgehead atoms. The average Bonchev–Trinajstić information content (AvgIpc) is 3.00. The second-order valence-corrected chi connectivity index (χ2v) is 7.59. The molecule has 3 heterocycles. The summed E-state index contributed by atoms with van der Waals surface area (Å²) in [5.74, 6) is 1.70. The highest BCUT2D eigenvalue weighted by Crippen LogP contribution is 2.48. The molecule has 2 atom stereocenters. The van der Waals surface area contributed by atoms with Gasteiger partial charge in [0.25, 0.3) is 0 Å². The van der Waals surface area contributed by atoms with Crippen molar-refractivity contribution < 1.29 is 9.21 Å². The summed E-state index contributed by atoms with van der Waals surface area (Å²) in [5.41, 5.74) is 1.16. The smallest absolute Gasteiger partial charge is 0.226 e. The fraction of sp³-hybridized carbons (Fsp3) is 0.556. The van der Waals surface area contributed by atoms with Crippen molar-refractivity contribution in [3.8, 4) is 0 Å². The molecule has 0 radical (unpaired) electrons. The minimum atomic E-state index is 0.133.